The van der Waals surface area contributed by atoms with Crippen molar-refractivity contribution in [2.24, 2.45) is 16.3 Å². The van der Waals surface area contributed by atoms with Gasteiger partial charge in [-0.25, -0.2) is 0 Å². The minimum Gasteiger partial charge on any atom is -0.376 e. The summed E-state index contributed by atoms with van der Waals surface area (Å²) in [6, 6.07) is 10.2. The normalized spacial score (nSPS) is 12.7. The molecule has 0 aliphatic heterocycles. The average Bonchev–Trinajstić information content (AvgIpc) is 2.65. The molecule has 160 valence electrons. The molecule has 6 nitrogen and oxygen atoms in total. The zero-order valence-corrected chi connectivity index (χ0v) is 20.2. The first-order chi connectivity index (χ1) is 12.9. The third-order valence-corrected chi connectivity index (χ3v) is 4.06. The molecule has 0 spiro atoms. The van der Waals surface area contributed by atoms with Gasteiger partial charge in [0, 0.05) is 19.6 Å². The second kappa shape index (κ2) is 14.6. The Kier molecular flexibility index (Phi) is 13.9. The predicted molar refractivity (Wildman–Crippen MR) is 127 cm³/mol. The lowest BCUT2D eigenvalue weighted by Crippen LogP contribution is -2.43. The minimum atomic E-state index is -0.539. The molecule has 3 N–H and O–H groups in total. The number of guanidine groups is 1. The minimum absolute atomic E-state index is 0. The highest BCUT2D eigenvalue weighted by Crippen LogP contribution is 2.15. The maximum absolute atomic E-state index is 12.1. The molecule has 1 aromatic carbocycles. The van der Waals surface area contributed by atoms with Crippen molar-refractivity contribution in [2.75, 3.05) is 32.8 Å². The fraction of sp³-hybridized carbons (Fsp3) is 0.619. The van der Waals surface area contributed by atoms with Crippen molar-refractivity contribution in [3.8, 4) is 0 Å². The van der Waals surface area contributed by atoms with Crippen LogP contribution in [0.5, 0.6) is 0 Å². The largest absolute Gasteiger partial charge is 0.376 e. The molecule has 0 radical (unpaired) electrons. The molecular weight excluding hydrogens is 467 g/mol. The van der Waals surface area contributed by atoms with E-state index in [0.29, 0.717) is 32.2 Å². The van der Waals surface area contributed by atoms with Crippen molar-refractivity contribution >= 4 is 35.8 Å². The van der Waals surface area contributed by atoms with E-state index in [4.69, 9.17) is 4.74 Å². The fourth-order valence-electron chi connectivity index (χ4n) is 2.37. The third kappa shape index (κ3) is 10.8. The first kappa shape index (κ1) is 26.6. The van der Waals surface area contributed by atoms with Crippen LogP contribution in [0.1, 0.15) is 40.2 Å². The standard InChI is InChI=1S/C21H36N4O2.HI/c1-6-22-19(26)21(4,5)16-25-20(23-7-2)24-13-17(3)14-27-15-18-11-9-8-10-12-18;/h8-12,17H,6-7,13-16H2,1-5H3,(H,22,26)(H2,23,24,25);1H. The van der Waals surface area contributed by atoms with Crippen molar-refractivity contribution in [2.45, 2.75) is 41.2 Å². The number of ether oxygens (including phenoxy) is 1. The van der Waals surface area contributed by atoms with Gasteiger partial charge in [-0.15, -0.1) is 24.0 Å². The first-order valence-electron chi connectivity index (χ1n) is 9.81. The molecule has 28 heavy (non-hydrogen) atoms. The molecule has 0 fully saturated rings. The molecule has 1 unspecified atom stereocenters. The summed E-state index contributed by atoms with van der Waals surface area (Å²) in [5.74, 6) is 1.09. The molecular formula is C21H37IN4O2. The summed E-state index contributed by atoms with van der Waals surface area (Å²) in [5.41, 5.74) is 0.642. The molecule has 7 heteroatoms. The summed E-state index contributed by atoms with van der Waals surface area (Å²) in [6.07, 6.45) is 0. The summed E-state index contributed by atoms with van der Waals surface area (Å²) in [5, 5.41) is 9.43. The fourth-order valence-corrected chi connectivity index (χ4v) is 2.37. The van der Waals surface area contributed by atoms with Crippen LogP contribution < -0.4 is 16.0 Å². The highest BCUT2D eigenvalue weighted by molar-refractivity contribution is 14.0. The van der Waals surface area contributed by atoms with E-state index in [0.717, 1.165) is 19.0 Å². The number of rotatable bonds is 11. The van der Waals surface area contributed by atoms with Crippen LogP contribution in [-0.2, 0) is 16.1 Å². The van der Waals surface area contributed by atoms with Crippen molar-refractivity contribution < 1.29 is 9.53 Å². The van der Waals surface area contributed by atoms with E-state index in [2.05, 4.69) is 40.0 Å². The second-order valence-electron chi connectivity index (χ2n) is 7.43. The first-order valence-corrected chi connectivity index (χ1v) is 9.81. The summed E-state index contributed by atoms with van der Waals surface area (Å²) in [6.45, 7) is 13.8. The number of hydrogen-bond donors (Lipinski definition) is 3. The van der Waals surface area contributed by atoms with Crippen molar-refractivity contribution in [3.63, 3.8) is 0 Å². The van der Waals surface area contributed by atoms with Crippen LogP contribution in [0.25, 0.3) is 0 Å². The number of nitrogens with one attached hydrogen (secondary N) is 3. The van der Waals surface area contributed by atoms with Gasteiger partial charge in [0.15, 0.2) is 5.96 Å². The Morgan fingerprint density at radius 3 is 2.36 bits per heavy atom. The number of benzene rings is 1. The van der Waals surface area contributed by atoms with Crippen LogP contribution in [-0.4, -0.2) is 44.7 Å². The summed E-state index contributed by atoms with van der Waals surface area (Å²) in [7, 11) is 0. The van der Waals surface area contributed by atoms with E-state index in [1.54, 1.807) is 0 Å². The number of halogens is 1. The molecule has 0 saturated heterocycles. The molecule has 1 amide bonds. The highest BCUT2D eigenvalue weighted by Gasteiger charge is 2.26. The number of aliphatic imine (C=N–C) groups is 1. The Morgan fingerprint density at radius 2 is 1.75 bits per heavy atom. The lowest BCUT2D eigenvalue weighted by Gasteiger charge is -2.22. The van der Waals surface area contributed by atoms with Crippen LogP contribution in [0.3, 0.4) is 0 Å². The SMILES string of the molecule is CCNC(=O)C(C)(C)CN=C(NCC)NCC(C)COCc1ccccc1.I. The number of hydrogen-bond acceptors (Lipinski definition) is 3. The van der Waals surface area contributed by atoms with Crippen molar-refractivity contribution in [3.05, 3.63) is 35.9 Å². The molecule has 0 bridgehead atoms. The predicted octanol–water partition coefficient (Wildman–Crippen LogP) is 3.17. The van der Waals surface area contributed by atoms with Gasteiger partial charge >= 0.3 is 0 Å². The average molecular weight is 504 g/mol. The van der Waals surface area contributed by atoms with Gasteiger partial charge in [0.25, 0.3) is 0 Å². The second-order valence-corrected chi connectivity index (χ2v) is 7.43. The number of amides is 1. The smallest absolute Gasteiger partial charge is 0.227 e. The van der Waals surface area contributed by atoms with Gasteiger partial charge in [-0.2, -0.15) is 0 Å². The monoisotopic (exact) mass is 504 g/mol. The van der Waals surface area contributed by atoms with Gasteiger partial charge < -0.3 is 20.7 Å². The van der Waals surface area contributed by atoms with Crippen LogP contribution in [0.15, 0.2) is 35.3 Å². The molecule has 1 atom stereocenters. The van der Waals surface area contributed by atoms with Gasteiger partial charge in [-0.05, 0) is 39.2 Å². The number of nitrogens with zero attached hydrogens (tertiary/aromatic N) is 1. The Balaban J connectivity index is 0.00000729. The zero-order chi connectivity index (χ0) is 20.1. The van der Waals surface area contributed by atoms with Crippen molar-refractivity contribution in [1.29, 1.82) is 0 Å². The van der Waals surface area contributed by atoms with Gasteiger partial charge in [-0.1, -0.05) is 37.3 Å². The molecule has 0 aliphatic carbocycles. The van der Waals surface area contributed by atoms with Crippen LogP contribution >= 0.6 is 24.0 Å². The Labute approximate surface area is 187 Å². The van der Waals surface area contributed by atoms with Crippen LogP contribution in [0.2, 0.25) is 0 Å². The Bertz CT molecular complexity index is 579. The highest BCUT2D eigenvalue weighted by atomic mass is 127. The maximum atomic E-state index is 12.1. The molecule has 1 aromatic rings. The van der Waals surface area contributed by atoms with Gasteiger partial charge in [0.05, 0.1) is 25.2 Å². The van der Waals surface area contributed by atoms with E-state index in [1.165, 1.54) is 5.56 Å². The molecule has 0 aliphatic rings. The lowest BCUT2D eigenvalue weighted by molar-refractivity contribution is -0.128. The van der Waals surface area contributed by atoms with Gasteiger partial charge in [0.1, 0.15) is 0 Å². The lowest BCUT2D eigenvalue weighted by atomic mass is 9.92. The van der Waals surface area contributed by atoms with E-state index in [1.807, 2.05) is 45.9 Å². The molecule has 0 heterocycles. The van der Waals surface area contributed by atoms with E-state index < -0.39 is 5.41 Å². The quantitative estimate of drug-likeness (QED) is 0.246. The maximum Gasteiger partial charge on any atom is 0.227 e. The summed E-state index contributed by atoms with van der Waals surface area (Å²) >= 11 is 0. The molecule has 0 saturated carbocycles. The molecule has 0 aromatic heterocycles. The topological polar surface area (TPSA) is 74.8 Å². The zero-order valence-electron chi connectivity index (χ0n) is 17.9. The third-order valence-electron chi connectivity index (χ3n) is 4.06. The summed E-state index contributed by atoms with van der Waals surface area (Å²) < 4.78 is 5.79. The molecule has 1 rings (SSSR count). The Hall–Kier alpha value is -1.35. The van der Waals surface area contributed by atoms with Gasteiger partial charge in [-0.3, -0.25) is 9.79 Å². The van der Waals surface area contributed by atoms with Crippen molar-refractivity contribution in [1.82, 2.24) is 16.0 Å². The number of carbonyl (C=O) groups is 1. The van der Waals surface area contributed by atoms with Crippen LogP contribution in [0.4, 0.5) is 0 Å². The van der Waals surface area contributed by atoms with E-state index in [-0.39, 0.29) is 29.9 Å². The van der Waals surface area contributed by atoms with E-state index >= 15 is 0 Å². The van der Waals surface area contributed by atoms with Gasteiger partial charge in [0.2, 0.25) is 5.91 Å². The Morgan fingerprint density at radius 1 is 1.11 bits per heavy atom. The van der Waals surface area contributed by atoms with Crippen LogP contribution in [0, 0.1) is 11.3 Å². The summed E-state index contributed by atoms with van der Waals surface area (Å²) in [4.78, 5) is 16.7. The van der Waals surface area contributed by atoms with E-state index in [9.17, 15) is 4.79 Å². The number of carbonyl (C=O) groups excluding carboxylic acids is 1.